The molecule has 0 radical (unpaired) electrons. The van der Waals surface area contributed by atoms with Crippen LogP contribution in [0.4, 0.5) is 4.39 Å². The second kappa shape index (κ2) is 7.13. The number of ether oxygens (including phenoxy) is 1. The molecule has 2 heterocycles. The fraction of sp³-hybridized carbons (Fsp3) is 0.500. The van der Waals surface area contributed by atoms with Crippen molar-refractivity contribution in [2.24, 2.45) is 0 Å². The molecular weight excluding hydrogens is 295 g/mol. The highest BCUT2D eigenvalue weighted by Gasteiger charge is 2.42. The van der Waals surface area contributed by atoms with Gasteiger partial charge in [-0.25, -0.2) is 4.39 Å². The molecule has 1 amide bonds. The van der Waals surface area contributed by atoms with E-state index in [1.807, 2.05) is 19.9 Å². The standard InChI is InChI=1S/C16H19FN2O2.C2H6/c1-10-5-12-7-13(19-14(12)6-11(10)2)8-18-15(20)16(17)3-4-21-9-16;1-2/h5-7,19H,3-4,8-9H2,1-2H3,(H,18,20);1-2H3. The van der Waals surface area contributed by atoms with Gasteiger partial charge in [-0.15, -0.1) is 0 Å². The van der Waals surface area contributed by atoms with Gasteiger partial charge in [0.2, 0.25) is 5.67 Å². The number of rotatable bonds is 3. The Balaban J connectivity index is 0.000000924. The molecule has 0 saturated carbocycles. The van der Waals surface area contributed by atoms with Crippen molar-refractivity contribution < 1.29 is 13.9 Å². The molecule has 5 heteroatoms. The van der Waals surface area contributed by atoms with Gasteiger partial charge in [-0.05, 0) is 48.6 Å². The first kappa shape index (κ1) is 17.5. The number of carbonyl (C=O) groups excluding carboxylic acids is 1. The Morgan fingerprint density at radius 1 is 1.30 bits per heavy atom. The number of H-pyrrole nitrogens is 1. The van der Waals surface area contributed by atoms with Crippen LogP contribution >= 0.6 is 0 Å². The van der Waals surface area contributed by atoms with Crippen LogP contribution in [-0.2, 0) is 16.1 Å². The van der Waals surface area contributed by atoms with Crippen LogP contribution in [0.3, 0.4) is 0 Å². The van der Waals surface area contributed by atoms with Gasteiger partial charge in [0, 0.05) is 17.6 Å². The van der Waals surface area contributed by atoms with Crippen LogP contribution < -0.4 is 5.32 Å². The molecule has 1 aromatic carbocycles. The van der Waals surface area contributed by atoms with Crippen LogP contribution in [0.25, 0.3) is 10.9 Å². The number of hydrogen-bond donors (Lipinski definition) is 2. The van der Waals surface area contributed by atoms with Gasteiger partial charge in [-0.3, -0.25) is 4.79 Å². The highest BCUT2D eigenvalue weighted by atomic mass is 19.1. The molecule has 1 atom stereocenters. The van der Waals surface area contributed by atoms with Gasteiger partial charge in [-0.2, -0.15) is 0 Å². The number of alkyl halides is 1. The molecular formula is C18H25FN2O2. The van der Waals surface area contributed by atoms with E-state index < -0.39 is 11.6 Å². The number of benzene rings is 1. The molecule has 3 rings (SSSR count). The summed E-state index contributed by atoms with van der Waals surface area (Å²) in [5.74, 6) is -0.592. The van der Waals surface area contributed by atoms with Crippen LogP contribution in [0.5, 0.6) is 0 Å². The Hall–Kier alpha value is -1.88. The van der Waals surface area contributed by atoms with Crippen LogP contribution in [-0.4, -0.2) is 29.8 Å². The average Bonchev–Trinajstić information content (AvgIpc) is 3.14. The van der Waals surface area contributed by atoms with Gasteiger partial charge in [0.25, 0.3) is 5.91 Å². The smallest absolute Gasteiger partial charge is 0.260 e. The number of hydrogen-bond acceptors (Lipinski definition) is 2. The molecule has 0 bridgehead atoms. The van der Waals surface area contributed by atoms with Crippen LogP contribution in [0.1, 0.15) is 37.1 Å². The third-order valence-corrected chi connectivity index (χ3v) is 4.11. The zero-order chi connectivity index (χ0) is 17.0. The first-order valence-corrected chi connectivity index (χ1v) is 8.12. The number of aromatic nitrogens is 1. The Kier molecular flexibility index (Phi) is 5.42. The van der Waals surface area contributed by atoms with E-state index in [9.17, 15) is 9.18 Å². The van der Waals surface area contributed by atoms with E-state index in [1.165, 1.54) is 11.1 Å². The van der Waals surface area contributed by atoms with Gasteiger partial charge in [0.1, 0.15) is 0 Å². The zero-order valence-corrected chi connectivity index (χ0v) is 14.3. The van der Waals surface area contributed by atoms with Crippen LogP contribution in [0.15, 0.2) is 18.2 Å². The fourth-order valence-corrected chi connectivity index (χ4v) is 2.61. The van der Waals surface area contributed by atoms with Gasteiger partial charge in [0.05, 0.1) is 19.8 Å². The van der Waals surface area contributed by atoms with Gasteiger partial charge >= 0.3 is 0 Å². The molecule has 4 nitrogen and oxygen atoms in total. The maximum Gasteiger partial charge on any atom is 0.260 e. The fourth-order valence-electron chi connectivity index (χ4n) is 2.61. The lowest BCUT2D eigenvalue weighted by Gasteiger charge is -2.16. The van der Waals surface area contributed by atoms with E-state index in [4.69, 9.17) is 4.74 Å². The van der Waals surface area contributed by atoms with Crippen molar-refractivity contribution in [2.75, 3.05) is 13.2 Å². The number of carbonyl (C=O) groups is 1. The predicted octanol–water partition coefficient (Wildman–Crippen LogP) is 3.56. The highest BCUT2D eigenvalue weighted by Crippen LogP contribution is 2.24. The second-order valence-corrected chi connectivity index (χ2v) is 5.77. The summed E-state index contributed by atoms with van der Waals surface area (Å²) in [6, 6.07) is 6.17. The SMILES string of the molecule is CC.Cc1cc2cc(CNC(=O)C3(F)CCOC3)[nH]c2cc1C. The number of aromatic amines is 1. The molecule has 2 N–H and O–H groups in total. The van der Waals surface area contributed by atoms with E-state index in [0.717, 1.165) is 16.6 Å². The molecule has 0 spiro atoms. The molecule has 2 aromatic rings. The van der Waals surface area contributed by atoms with Crippen molar-refractivity contribution in [1.29, 1.82) is 0 Å². The molecule has 1 unspecified atom stereocenters. The summed E-state index contributed by atoms with van der Waals surface area (Å²) in [6.07, 6.45) is 0.129. The van der Waals surface area contributed by atoms with Crippen molar-refractivity contribution in [2.45, 2.75) is 46.3 Å². The molecule has 23 heavy (non-hydrogen) atoms. The molecule has 1 aliphatic heterocycles. The minimum Gasteiger partial charge on any atom is -0.377 e. The first-order valence-electron chi connectivity index (χ1n) is 8.12. The third kappa shape index (κ3) is 3.72. The summed E-state index contributed by atoms with van der Waals surface area (Å²) in [5, 5.41) is 3.75. The molecule has 126 valence electrons. The Labute approximate surface area is 136 Å². The summed E-state index contributed by atoms with van der Waals surface area (Å²) in [4.78, 5) is 15.1. The summed E-state index contributed by atoms with van der Waals surface area (Å²) >= 11 is 0. The monoisotopic (exact) mass is 320 g/mol. The minimum absolute atomic E-state index is 0.129. The van der Waals surface area contributed by atoms with Crippen molar-refractivity contribution >= 4 is 16.8 Å². The molecule has 1 aliphatic rings. The Morgan fingerprint density at radius 2 is 2.00 bits per heavy atom. The average molecular weight is 320 g/mol. The number of nitrogens with one attached hydrogen (secondary N) is 2. The van der Waals surface area contributed by atoms with Gasteiger partial charge in [0.15, 0.2) is 0 Å². The van der Waals surface area contributed by atoms with E-state index in [1.54, 1.807) is 0 Å². The van der Waals surface area contributed by atoms with Gasteiger partial charge in [-0.1, -0.05) is 13.8 Å². The Bertz CT molecular complexity index is 649. The largest absolute Gasteiger partial charge is 0.377 e. The van der Waals surface area contributed by atoms with Crippen LogP contribution in [0, 0.1) is 13.8 Å². The van der Waals surface area contributed by atoms with Crippen molar-refractivity contribution in [3.8, 4) is 0 Å². The minimum atomic E-state index is -1.88. The molecule has 1 saturated heterocycles. The third-order valence-electron chi connectivity index (χ3n) is 4.11. The second-order valence-electron chi connectivity index (χ2n) is 5.77. The summed E-state index contributed by atoms with van der Waals surface area (Å²) in [5.41, 5.74) is 2.46. The number of amides is 1. The maximum atomic E-state index is 14.2. The molecule has 1 aromatic heterocycles. The number of aryl methyl sites for hydroxylation is 2. The maximum absolute atomic E-state index is 14.2. The first-order chi connectivity index (χ1) is 11.0. The van der Waals surface area contributed by atoms with Crippen molar-refractivity contribution in [1.82, 2.24) is 10.3 Å². The van der Waals surface area contributed by atoms with Crippen molar-refractivity contribution in [3.63, 3.8) is 0 Å². The lowest BCUT2D eigenvalue weighted by Crippen LogP contribution is -2.43. The highest BCUT2D eigenvalue weighted by molar-refractivity contribution is 5.86. The van der Waals surface area contributed by atoms with Crippen molar-refractivity contribution in [3.05, 3.63) is 35.0 Å². The zero-order valence-electron chi connectivity index (χ0n) is 14.3. The quantitative estimate of drug-likeness (QED) is 0.908. The normalized spacial score (nSPS) is 20.2. The summed E-state index contributed by atoms with van der Waals surface area (Å²) in [7, 11) is 0. The predicted molar refractivity (Wildman–Crippen MR) is 90.2 cm³/mol. The van der Waals surface area contributed by atoms with Gasteiger partial charge < -0.3 is 15.0 Å². The summed E-state index contributed by atoms with van der Waals surface area (Å²) in [6.45, 7) is 8.57. The number of halogens is 1. The molecule has 1 fully saturated rings. The topological polar surface area (TPSA) is 54.1 Å². The van der Waals surface area contributed by atoms with E-state index >= 15 is 0 Å². The lowest BCUT2D eigenvalue weighted by atomic mass is 10.1. The van der Waals surface area contributed by atoms with E-state index in [-0.39, 0.29) is 19.6 Å². The number of fused-ring (bicyclic) bond motifs is 1. The Morgan fingerprint density at radius 3 is 2.65 bits per heavy atom. The van der Waals surface area contributed by atoms with E-state index in [0.29, 0.717) is 6.61 Å². The molecule has 0 aliphatic carbocycles. The lowest BCUT2D eigenvalue weighted by molar-refractivity contribution is -0.133. The van der Waals surface area contributed by atoms with E-state index in [2.05, 4.69) is 36.3 Å². The van der Waals surface area contributed by atoms with Crippen LogP contribution in [0.2, 0.25) is 0 Å². The summed E-state index contributed by atoms with van der Waals surface area (Å²) < 4.78 is 19.1.